The van der Waals surface area contributed by atoms with E-state index < -0.39 is 0 Å². The highest BCUT2D eigenvalue weighted by atomic mass is 16.3. The second-order valence-electron chi connectivity index (χ2n) is 8.13. The average molecular weight is 285 g/mol. The molecule has 2 heteroatoms. The summed E-state index contributed by atoms with van der Waals surface area (Å²) in [4.78, 5) is 0. The van der Waals surface area contributed by atoms with Gasteiger partial charge in [-0.2, -0.15) is 0 Å². The van der Waals surface area contributed by atoms with Crippen LogP contribution in [0.25, 0.3) is 0 Å². The average Bonchev–Trinajstić information content (AvgIpc) is 2.76. The molecule has 0 saturated heterocycles. The van der Waals surface area contributed by atoms with Gasteiger partial charge >= 0.3 is 0 Å². The minimum absolute atomic E-state index is 0.157. The van der Waals surface area contributed by atoms with Gasteiger partial charge in [0.2, 0.25) is 0 Å². The number of hydrogen-bond acceptors (Lipinski definition) is 2. The molecule has 0 aliphatic heterocycles. The third-order valence-corrected chi connectivity index (χ3v) is 7.21. The van der Waals surface area contributed by atoms with Crippen molar-refractivity contribution < 1.29 is 5.11 Å². The minimum atomic E-state index is -0.283. The van der Waals surface area contributed by atoms with Crippen LogP contribution in [-0.4, -0.2) is 17.3 Å². The van der Waals surface area contributed by atoms with Crippen molar-refractivity contribution in [3.63, 3.8) is 0 Å². The Hall–Kier alpha value is -0.860. The molecule has 4 aliphatic carbocycles. The van der Waals surface area contributed by atoms with Gasteiger partial charge in [0, 0.05) is 11.5 Å². The van der Waals surface area contributed by atoms with Crippen molar-refractivity contribution in [2.75, 3.05) is 0 Å². The van der Waals surface area contributed by atoms with E-state index in [9.17, 15) is 5.11 Å². The fourth-order valence-electron chi connectivity index (χ4n) is 5.73. The molecule has 1 saturated carbocycles. The van der Waals surface area contributed by atoms with Gasteiger partial charge in [0.05, 0.1) is 6.10 Å². The lowest BCUT2D eigenvalue weighted by molar-refractivity contribution is 0.00164. The van der Waals surface area contributed by atoms with E-state index in [0.29, 0.717) is 17.8 Å². The Morgan fingerprint density at radius 2 is 2.05 bits per heavy atom. The first-order chi connectivity index (χ1) is 9.95. The smallest absolute Gasteiger partial charge is 0.0758 e. The number of fused-ring (bicyclic) bond motifs is 5. The standard InChI is InChI=1S/C19H27NO/c1-18-9-7-13(21)11-12(18)3-4-14-15-5-6-17(20)19(15,2)10-8-16(14)18/h3,5-7,9,13-17,21H,4,8,10-11,20H2,1-2H3/t13?,14-,15-,16+,17?,18-,19-/m0/s1. The Morgan fingerprint density at radius 3 is 2.86 bits per heavy atom. The highest BCUT2D eigenvalue weighted by Crippen LogP contribution is 2.61. The molecule has 3 N–H and O–H groups in total. The summed E-state index contributed by atoms with van der Waals surface area (Å²) in [6, 6.07) is 0.227. The maximum Gasteiger partial charge on any atom is 0.0758 e. The Morgan fingerprint density at radius 1 is 1.24 bits per heavy atom. The Balaban J connectivity index is 1.72. The van der Waals surface area contributed by atoms with Crippen molar-refractivity contribution >= 4 is 0 Å². The summed E-state index contributed by atoms with van der Waals surface area (Å²) in [6.45, 7) is 4.78. The third-order valence-electron chi connectivity index (χ3n) is 7.21. The Bertz CT molecular complexity index is 548. The summed E-state index contributed by atoms with van der Waals surface area (Å²) in [5, 5.41) is 9.93. The van der Waals surface area contributed by atoms with Gasteiger partial charge in [-0.3, -0.25) is 0 Å². The van der Waals surface area contributed by atoms with E-state index in [1.54, 1.807) is 0 Å². The molecule has 0 aromatic carbocycles. The molecule has 0 aromatic heterocycles. The van der Waals surface area contributed by atoms with Crippen LogP contribution in [0.5, 0.6) is 0 Å². The van der Waals surface area contributed by atoms with Crippen molar-refractivity contribution in [2.24, 2.45) is 34.3 Å². The molecular weight excluding hydrogens is 258 g/mol. The highest BCUT2D eigenvalue weighted by molar-refractivity contribution is 5.34. The number of hydrogen-bond donors (Lipinski definition) is 2. The maximum absolute atomic E-state index is 9.93. The second-order valence-corrected chi connectivity index (χ2v) is 8.13. The molecule has 0 spiro atoms. The Kier molecular flexibility index (Phi) is 2.84. The fourth-order valence-corrected chi connectivity index (χ4v) is 5.73. The molecule has 1 fully saturated rings. The van der Waals surface area contributed by atoms with Gasteiger partial charge in [0.25, 0.3) is 0 Å². The van der Waals surface area contributed by atoms with Crippen LogP contribution in [0, 0.1) is 28.6 Å². The normalized spacial score (nSPS) is 54.7. The van der Waals surface area contributed by atoms with Crippen molar-refractivity contribution in [3.05, 3.63) is 36.0 Å². The summed E-state index contributed by atoms with van der Waals surface area (Å²) in [5.74, 6) is 2.04. The van der Waals surface area contributed by atoms with Gasteiger partial charge in [0.1, 0.15) is 0 Å². The molecule has 0 bridgehead atoms. The van der Waals surface area contributed by atoms with Crippen LogP contribution in [0.3, 0.4) is 0 Å². The van der Waals surface area contributed by atoms with Crippen LogP contribution >= 0.6 is 0 Å². The molecule has 4 rings (SSSR count). The number of aliphatic hydroxyl groups excluding tert-OH is 1. The van der Waals surface area contributed by atoms with Crippen LogP contribution in [0.1, 0.15) is 39.5 Å². The van der Waals surface area contributed by atoms with E-state index in [-0.39, 0.29) is 23.0 Å². The molecule has 2 unspecified atom stereocenters. The van der Waals surface area contributed by atoms with E-state index in [1.807, 2.05) is 6.08 Å². The monoisotopic (exact) mass is 285 g/mol. The zero-order valence-corrected chi connectivity index (χ0v) is 13.1. The van der Waals surface area contributed by atoms with Gasteiger partial charge < -0.3 is 10.8 Å². The van der Waals surface area contributed by atoms with Crippen LogP contribution in [0.15, 0.2) is 36.0 Å². The topological polar surface area (TPSA) is 46.2 Å². The molecule has 0 amide bonds. The predicted octanol–water partition coefficient (Wildman–Crippen LogP) is 3.19. The van der Waals surface area contributed by atoms with E-state index >= 15 is 0 Å². The molecule has 21 heavy (non-hydrogen) atoms. The summed E-state index contributed by atoms with van der Waals surface area (Å²) >= 11 is 0. The van der Waals surface area contributed by atoms with E-state index in [4.69, 9.17) is 5.73 Å². The minimum Gasteiger partial charge on any atom is -0.389 e. The van der Waals surface area contributed by atoms with Crippen LogP contribution in [0.2, 0.25) is 0 Å². The van der Waals surface area contributed by atoms with Crippen molar-refractivity contribution in [1.82, 2.24) is 0 Å². The zero-order valence-electron chi connectivity index (χ0n) is 13.1. The lowest BCUT2D eigenvalue weighted by Gasteiger charge is -2.56. The first-order valence-electron chi connectivity index (χ1n) is 8.46. The first kappa shape index (κ1) is 13.8. The summed E-state index contributed by atoms with van der Waals surface area (Å²) in [5.41, 5.74) is 8.27. The van der Waals surface area contributed by atoms with Gasteiger partial charge in [-0.15, -0.1) is 0 Å². The van der Waals surface area contributed by atoms with Crippen LogP contribution < -0.4 is 5.73 Å². The summed E-state index contributed by atoms with van der Waals surface area (Å²) in [6.07, 6.45) is 15.6. The SMILES string of the molecule is C[C@]12C=CC(O)CC1=CC[C@@H]1[C@H]2CC[C@]2(C)C(N)C=C[C@@H]12. The van der Waals surface area contributed by atoms with Crippen LogP contribution in [-0.2, 0) is 0 Å². The quantitative estimate of drug-likeness (QED) is 0.671. The zero-order chi connectivity index (χ0) is 14.8. The molecule has 2 nitrogen and oxygen atoms in total. The maximum atomic E-state index is 9.93. The molecule has 0 heterocycles. The van der Waals surface area contributed by atoms with E-state index in [2.05, 4.69) is 38.2 Å². The third kappa shape index (κ3) is 1.72. The molecular formula is C19H27NO. The van der Waals surface area contributed by atoms with Crippen LogP contribution in [0.4, 0.5) is 0 Å². The summed E-state index contributed by atoms with van der Waals surface area (Å²) in [7, 11) is 0. The molecule has 7 atom stereocenters. The number of rotatable bonds is 0. The predicted molar refractivity (Wildman–Crippen MR) is 85.5 cm³/mol. The largest absolute Gasteiger partial charge is 0.389 e. The van der Waals surface area contributed by atoms with Crippen molar-refractivity contribution in [3.8, 4) is 0 Å². The van der Waals surface area contributed by atoms with Gasteiger partial charge in [-0.25, -0.2) is 0 Å². The number of allylic oxidation sites excluding steroid dienone is 3. The van der Waals surface area contributed by atoms with E-state index in [0.717, 1.165) is 12.8 Å². The van der Waals surface area contributed by atoms with Gasteiger partial charge in [-0.05, 0) is 48.9 Å². The number of nitrogens with two attached hydrogens (primary N) is 1. The Labute approximate surface area is 127 Å². The molecule has 0 radical (unpaired) electrons. The number of aliphatic hydroxyl groups is 1. The summed E-state index contributed by atoms with van der Waals surface area (Å²) < 4.78 is 0. The molecule has 4 aliphatic rings. The molecule has 114 valence electrons. The molecule has 0 aromatic rings. The lowest BCUT2D eigenvalue weighted by Crippen LogP contribution is -2.51. The highest BCUT2D eigenvalue weighted by Gasteiger charge is 2.55. The first-order valence-corrected chi connectivity index (χ1v) is 8.46. The van der Waals surface area contributed by atoms with Crippen molar-refractivity contribution in [2.45, 2.75) is 51.7 Å². The lowest BCUT2D eigenvalue weighted by atomic mass is 9.49. The van der Waals surface area contributed by atoms with E-state index in [1.165, 1.54) is 18.4 Å². The fraction of sp³-hybridized carbons (Fsp3) is 0.684. The van der Waals surface area contributed by atoms with Crippen molar-refractivity contribution in [1.29, 1.82) is 0 Å². The van der Waals surface area contributed by atoms with Gasteiger partial charge in [0.15, 0.2) is 0 Å². The van der Waals surface area contributed by atoms with Gasteiger partial charge in [-0.1, -0.05) is 49.8 Å². The second kappa shape index (κ2) is 4.33.